The van der Waals surface area contributed by atoms with Crippen LogP contribution in [0.25, 0.3) is 0 Å². The Morgan fingerprint density at radius 2 is 1.40 bits per heavy atom. The van der Waals surface area contributed by atoms with Gasteiger partial charge in [-0.15, -0.1) is 0 Å². The van der Waals surface area contributed by atoms with E-state index in [0.29, 0.717) is 25.8 Å². The summed E-state index contributed by atoms with van der Waals surface area (Å²) in [6.07, 6.45) is 1.91. The third-order valence-corrected chi connectivity index (χ3v) is 4.26. The zero-order valence-corrected chi connectivity index (χ0v) is 14.6. The number of benzene rings is 2. The van der Waals surface area contributed by atoms with E-state index in [1.54, 1.807) is 11.9 Å². The van der Waals surface area contributed by atoms with Crippen LogP contribution in [-0.4, -0.2) is 35.5 Å². The Morgan fingerprint density at radius 3 is 1.84 bits per heavy atom. The van der Waals surface area contributed by atoms with E-state index in [1.165, 1.54) is 0 Å². The Balaban J connectivity index is 2.06. The zero-order valence-electron chi connectivity index (χ0n) is 14.6. The summed E-state index contributed by atoms with van der Waals surface area (Å²) in [5.41, 5.74) is 2.27. The number of rotatable bonds is 9. The number of hydrogen-bond acceptors (Lipinski definition) is 2. The van der Waals surface area contributed by atoms with Gasteiger partial charge in [-0.1, -0.05) is 60.7 Å². The molecule has 0 fully saturated rings. The molecule has 2 aromatic rings. The van der Waals surface area contributed by atoms with Gasteiger partial charge in [0, 0.05) is 25.9 Å². The largest absolute Gasteiger partial charge is 0.481 e. The second kappa shape index (κ2) is 9.62. The lowest BCUT2D eigenvalue weighted by atomic mass is 9.91. The van der Waals surface area contributed by atoms with E-state index < -0.39 is 5.97 Å². The lowest BCUT2D eigenvalue weighted by Gasteiger charge is -2.24. The lowest BCUT2D eigenvalue weighted by Crippen LogP contribution is -2.36. The van der Waals surface area contributed by atoms with Crippen molar-refractivity contribution in [3.05, 3.63) is 71.8 Å². The van der Waals surface area contributed by atoms with Crippen LogP contribution >= 0.6 is 0 Å². The highest BCUT2D eigenvalue weighted by Gasteiger charge is 2.23. The molecule has 25 heavy (non-hydrogen) atoms. The summed E-state index contributed by atoms with van der Waals surface area (Å²) in [4.78, 5) is 25.2. The van der Waals surface area contributed by atoms with Crippen molar-refractivity contribution in [3.63, 3.8) is 0 Å². The van der Waals surface area contributed by atoms with E-state index in [-0.39, 0.29) is 18.2 Å². The SMILES string of the molecule is CN(CCCC(=O)O)C(=O)C(Cc1ccccc1)Cc1ccccc1. The van der Waals surface area contributed by atoms with E-state index in [4.69, 9.17) is 5.11 Å². The fraction of sp³-hybridized carbons (Fsp3) is 0.333. The molecule has 0 aliphatic rings. The van der Waals surface area contributed by atoms with Gasteiger partial charge in [-0.3, -0.25) is 9.59 Å². The first-order valence-electron chi connectivity index (χ1n) is 8.61. The molecule has 2 rings (SSSR count). The summed E-state index contributed by atoms with van der Waals surface area (Å²) >= 11 is 0. The molecule has 0 aliphatic heterocycles. The molecule has 0 heterocycles. The summed E-state index contributed by atoms with van der Waals surface area (Å²) in [5.74, 6) is -0.913. The number of carbonyl (C=O) groups excluding carboxylic acids is 1. The van der Waals surface area contributed by atoms with Gasteiger partial charge in [0.2, 0.25) is 5.91 Å². The predicted molar refractivity (Wildman–Crippen MR) is 98.3 cm³/mol. The highest BCUT2D eigenvalue weighted by molar-refractivity contribution is 5.79. The number of amides is 1. The molecule has 0 atom stereocenters. The van der Waals surface area contributed by atoms with Crippen LogP contribution in [0.5, 0.6) is 0 Å². The minimum atomic E-state index is -0.828. The fourth-order valence-electron chi connectivity index (χ4n) is 2.93. The molecule has 1 N–H and O–H groups in total. The Hall–Kier alpha value is -2.62. The number of nitrogens with zero attached hydrogens (tertiary/aromatic N) is 1. The van der Waals surface area contributed by atoms with Gasteiger partial charge in [-0.05, 0) is 30.4 Å². The first kappa shape index (κ1) is 18.7. The van der Waals surface area contributed by atoms with Crippen LogP contribution in [0.4, 0.5) is 0 Å². The summed E-state index contributed by atoms with van der Waals surface area (Å²) in [6.45, 7) is 0.464. The molecule has 2 aromatic carbocycles. The topological polar surface area (TPSA) is 57.6 Å². The minimum Gasteiger partial charge on any atom is -0.481 e. The Bertz CT molecular complexity index is 629. The summed E-state index contributed by atoms with van der Waals surface area (Å²) in [5, 5.41) is 8.76. The van der Waals surface area contributed by atoms with Gasteiger partial charge in [-0.25, -0.2) is 0 Å². The Morgan fingerprint density at radius 1 is 0.920 bits per heavy atom. The van der Waals surface area contributed by atoms with Crippen molar-refractivity contribution in [2.24, 2.45) is 5.92 Å². The summed E-state index contributed by atoms with van der Waals surface area (Å²) < 4.78 is 0. The molecule has 1 amide bonds. The number of carbonyl (C=O) groups is 2. The molecule has 0 radical (unpaired) electrons. The maximum absolute atomic E-state index is 12.9. The van der Waals surface area contributed by atoms with Crippen LogP contribution in [0.2, 0.25) is 0 Å². The first-order chi connectivity index (χ1) is 12.1. The average Bonchev–Trinajstić information content (AvgIpc) is 2.62. The molecule has 0 spiro atoms. The Kier molecular flexibility index (Phi) is 7.20. The highest BCUT2D eigenvalue weighted by Crippen LogP contribution is 2.17. The summed E-state index contributed by atoms with van der Waals surface area (Å²) in [6, 6.07) is 20.0. The van der Waals surface area contributed by atoms with Gasteiger partial charge < -0.3 is 10.0 Å². The zero-order chi connectivity index (χ0) is 18.1. The summed E-state index contributed by atoms with van der Waals surface area (Å²) in [7, 11) is 1.76. The van der Waals surface area contributed by atoms with Gasteiger partial charge in [0.05, 0.1) is 0 Å². The third kappa shape index (κ3) is 6.42. The molecule has 0 saturated heterocycles. The maximum atomic E-state index is 12.9. The molecule has 0 bridgehead atoms. The minimum absolute atomic E-state index is 0.0677. The molecule has 4 nitrogen and oxygen atoms in total. The standard InChI is InChI=1S/C21H25NO3/c1-22(14-8-13-20(23)24)21(25)19(15-17-9-4-2-5-10-17)16-18-11-6-3-7-12-18/h2-7,9-12,19H,8,13-16H2,1H3,(H,23,24). The van der Waals surface area contributed by atoms with Gasteiger partial charge in [0.15, 0.2) is 0 Å². The van der Waals surface area contributed by atoms with Crippen LogP contribution in [-0.2, 0) is 22.4 Å². The molecule has 0 unspecified atom stereocenters. The van der Waals surface area contributed by atoms with Crippen LogP contribution in [0.1, 0.15) is 24.0 Å². The van der Waals surface area contributed by atoms with Gasteiger partial charge in [-0.2, -0.15) is 0 Å². The monoisotopic (exact) mass is 339 g/mol. The van der Waals surface area contributed by atoms with Crippen molar-refractivity contribution in [1.29, 1.82) is 0 Å². The third-order valence-electron chi connectivity index (χ3n) is 4.26. The molecule has 0 saturated carbocycles. The maximum Gasteiger partial charge on any atom is 0.303 e. The molecular formula is C21H25NO3. The lowest BCUT2D eigenvalue weighted by molar-refractivity contribution is -0.138. The van der Waals surface area contributed by atoms with E-state index >= 15 is 0 Å². The first-order valence-corrected chi connectivity index (χ1v) is 8.61. The second-order valence-corrected chi connectivity index (χ2v) is 6.33. The number of hydrogen-bond donors (Lipinski definition) is 1. The van der Waals surface area contributed by atoms with Gasteiger partial charge in [0.1, 0.15) is 0 Å². The average molecular weight is 339 g/mol. The van der Waals surface area contributed by atoms with Gasteiger partial charge in [0.25, 0.3) is 0 Å². The number of carboxylic acid groups (broad SMARTS) is 1. The molecule has 0 aliphatic carbocycles. The number of carboxylic acids is 1. The van der Waals surface area contributed by atoms with E-state index in [2.05, 4.69) is 0 Å². The smallest absolute Gasteiger partial charge is 0.303 e. The van der Waals surface area contributed by atoms with Crippen molar-refractivity contribution in [3.8, 4) is 0 Å². The molecular weight excluding hydrogens is 314 g/mol. The predicted octanol–water partition coefficient (Wildman–Crippen LogP) is 3.41. The molecule has 132 valence electrons. The highest BCUT2D eigenvalue weighted by atomic mass is 16.4. The van der Waals surface area contributed by atoms with Gasteiger partial charge >= 0.3 is 5.97 Å². The van der Waals surface area contributed by atoms with Crippen LogP contribution in [0.3, 0.4) is 0 Å². The van der Waals surface area contributed by atoms with Crippen molar-refractivity contribution in [1.82, 2.24) is 4.90 Å². The van der Waals surface area contributed by atoms with E-state index in [1.807, 2.05) is 60.7 Å². The molecule has 4 heteroatoms. The van der Waals surface area contributed by atoms with Crippen molar-refractivity contribution in [2.45, 2.75) is 25.7 Å². The second-order valence-electron chi connectivity index (χ2n) is 6.33. The van der Waals surface area contributed by atoms with Crippen molar-refractivity contribution >= 4 is 11.9 Å². The quantitative estimate of drug-likeness (QED) is 0.762. The van der Waals surface area contributed by atoms with Crippen molar-refractivity contribution < 1.29 is 14.7 Å². The van der Waals surface area contributed by atoms with Crippen molar-refractivity contribution in [2.75, 3.05) is 13.6 Å². The molecule has 0 aromatic heterocycles. The van der Waals surface area contributed by atoms with Crippen LogP contribution in [0, 0.1) is 5.92 Å². The van der Waals surface area contributed by atoms with Crippen LogP contribution in [0.15, 0.2) is 60.7 Å². The Labute approximate surface area is 149 Å². The van der Waals surface area contributed by atoms with Crippen LogP contribution < -0.4 is 0 Å². The normalized spacial score (nSPS) is 10.6. The number of aliphatic carboxylic acids is 1. The van der Waals surface area contributed by atoms with E-state index in [0.717, 1.165) is 11.1 Å². The van der Waals surface area contributed by atoms with E-state index in [9.17, 15) is 9.59 Å². The fourth-order valence-corrected chi connectivity index (χ4v) is 2.93.